The van der Waals surface area contributed by atoms with Crippen molar-refractivity contribution in [1.82, 2.24) is 0 Å². The topological polar surface area (TPSA) is 142 Å². The number of nitrogens with zero attached hydrogens (tertiary/aromatic N) is 1. The van der Waals surface area contributed by atoms with Crippen LogP contribution in [0, 0.1) is 5.41 Å². The van der Waals surface area contributed by atoms with Crippen molar-refractivity contribution >= 4 is 33.1 Å². The summed E-state index contributed by atoms with van der Waals surface area (Å²) in [5, 5.41) is 16.0. The summed E-state index contributed by atoms with van der Waals surface area (Å²) in [4.78, 5) is 15.0. The summed E-state index contributed by atoms with van der Waals surface area (Å²) in [5.74, 6) is -0.281. The van der Waals surface area contributed by atoms with Crippen LogP contribution in [0.2, 0.25) is 0 Å². The molecule has 0 aliphatic heterocycles. The second kappa shape index (κ2) is 11.1. The van der Waals surface area contributed by atoms with Crippen molar-refractivity contribution in [3.63, 3.8) is 0 Å². The van der Waals surface area contributed by atoms with Crippen molar-refractivity contribution in [2.45, 2.75) is 11.4 Å². The first-order valence-electron chi connectivity index (χ1n) is 11.5. The fourth-order valence-corrected chi connectivity index (χ4v) is 4.73. The molecule has 0 atom stereocenters. The highest BCUT2D eigenvalue weighted by molar-refractivity contribution is 7.89. The fraction of sp³-hybridized carbons (Fsp3) is 0.0714. The number of amidine groups is 1. The summed E-state index contributed by atoms with van der Waals surface area (Å²) < 4.78 is 23.9. The SMILES string of the molecule is N=C(N)c1cccc(N(CC(=O)Nc2ccc(-c3ccccc3S(N)(=O)=O)cc2)Cc2ccccc2)c1. The van der Waals surface area contributed by atoms with E-state index in [2.05, 4.69) is 5.32 Å². The predicted molar refractivity (Wildman–Crippen MR) is 147 cm³/mol. The van der Waals surface area contributed by atoms with Gasteiger partial charge >= 0.3 is 0 Å². The minimum absolute atomic E-state index is 0.0381. The van der Waals surface area contributed by atoms with Gasteiger partial charge in [0.2, 0.25) is 15.9 Å². The van der Waals surface area contributed by atoms with Crippen molar-refractivity contribution in [2.24, 2.45) is 10.9 Å². The molecule has 9 heteroatoms. The maximum absolute atomic E-state index is 13.0. The van der Waals surface area contributed by atoms with Crippen LogP contribution in [-0.4, -0.2) is 26.7 Å². The number of nitrogen functional groups attached to an aromatic ring is 1. The number of sulfonamides is 1. The molecular weight excluding hydrogens is 486 g/mol. The molecule has 6 N–H and O–H groups in total. The third-order valence-corrected chi connectivity index (χ3v) is 6.72. The normalized spacial score (nSPS) is 11.1. The van der Waals surface area contributed by atoms with Crippen LogP contribution in [-0.2, 0) is 21.4 Å². The average molecular weight is 514 g/mol. The number of anilines is 2. The standard InChI is InChI=1S/C28H27N5O3S/c29-28(30)22-9-6-10-24(17-22)33(18-20-7-2-1-3-8-20)19-27(34)32-23-15-13-21(14-16-23)25-11-4-5-12-26(25)37(31,35)36/h1-17H,18-19H2,(H3,29,30)(H,32,34)(H2,31,35,36). The van der Waals surface area contributed by atoms with Crippen molar-refractivity contribution in [1.29, 1.82) is 5.41 Å². The number of primary sulfonamides is 1. The van der Waals surface area contributed by atoms with Crippen molar-refractivity contribution < 1.29 is 13.2 Å². The molecule has 0 aliphatic rings. The van der Waals surface area contributed by atoms with E-state index >= 15 is 0 Å². The summed E-state index contributed by atoms with van der Waals surface area (Å²) in [7, 11) is -3.88. The molecule has 0 spiro atoms. The van der Waals surface area contributed by atoms with E-state index < -0.39 is 10.0 Å². The first-order chi connectivity index (χ1) is 17.7. The second-order valence-electron chi connectivity index (χ2n) is 8.47. The minimum Gasteiger partial charge on any atom is -0.384 e. The first kappa shape index (κ1) is 25.6. The monoisotopic (exact) mass is 513 g/mol. The number of hydrogen-bond acceptors (Lipinski definition) is 5. The van der Waals surface area contributed by atoms with Gasteiger partial charge in [0.25, 0.3) is 0 Å². The van der Waals surface area contributed by atoms with E-state index in [0.29, 0.717) is 28.9 Å². The number of nitrogens with two attached hydrogens (primary N) is 2. The van der Waals surface area contributed by atoms with Gasteiger partial charge in [-0.15, -0.1) is 0 Å². The summed E-state index contributed by atoms with van der Waals surface area (Å²) in [6.07, 6.45) is 0. The zero-order valence-corrected chi connectivity index (χ0v) is 20.8. The van der Waals surface area contributed by atoms with E-state index in [-0.39, 0.29) is 23.2 Å². The molecule has 0 heterocycles. The molecule has 188 valence electrons. The molecule has 37 heavy (non-hydrogen) atoms. The quantitative estimate of drug-likeness (QED) is 0.198. The Hall–Kier alpha value is -4.47. The Labute approximate surface area is 216 Å². The van der Waals surface area contributed by atoms with Crippen LogP contribution < -0.4 is 21.1 Å². The van der Waals surface area contributed by atoms with Gasteiger partial charge in [-0.05, 0) is 41.5 Å². The van der Waals surface area contributed by atoms with Gasteiger partial charge in [-0.25, -0.2) is 13.6 Å². The smallest absolute Gasteiger partial charge is 0.243 e. The highest BCUT2D eigenvalue weighted by Gasteiger charge is 2.16. The van der Waals surface area contributed by atoms with Crippen molar-refractivity contribution in [3.8, 4) is 11.1 Å². The van der Waals surface area contributed by atoms with E-state index in [1.807, 2.05) is 41.3 Å². The zero-order valence-electron chi connectivity index (χ0n) is 20.0. The van der Waals surface area contributed by atoms with Crippen LogP contribution in [0.15, 0.2) is 108 Å². The number of nitrogens with one attached hydrogen (secondary N) is 2. The number of carbonyl (C=O) groups excluding carboxylic acids is 1. The maximum Gasteiger partial charge on any atom is 0.243 e. The summed E-state index contributed by atoms with van der Waals surface area (Å²) >= 11 is 0. The Bertz CT molecular complexity index is 1520. The molecule has 0 aromatic heterocycles. The van der Waals surface area contributed by atoms with Crippen LogP contribution in [0.3, 0.4) is 0 Å². The number of rotatable bonds is 9. The molecule has 0 saturated heterocycles. The molecule has 8 nitrogen and oxygen atoms in total. The fourth-order valence-electron chi connectivity index (χ4n) is 3.97. The van der Waals surface area contributed by atoms with Crippen LogP contribution in [0.1, 0.15) is 11.1 Å². The third kappa shape index (κ3) is 6.60. The Morgan fingerprint density at radius 3 is 2.22 bits per heavy atom. The van der Waals surface area contributed by atoms with Gasteiger partial charge in [-0.1, -0.05) is 72.8 Å². The van der Waals surface area contributed by atoms with Crippen LogP contribution in [0.25, 0.3) is 11.1 Å². The average Bonchev–Trinajstić information content (AvgIpc) is 2.89. The molecule has 0 unspecified atom stereocenters. The van der Waals surface area contributed by atoms with Crippen LogP contribution >= 0.6 is 0 Å². The lowest BCUT2D eigenvalue weighted by Crippen LogP contribution is -2.33. The number of benzene rings is 4. The van der Waals surface area contributed by atoms with Crippen LogP contribution in [0.5, 0.6) is 0 Å². The molecule has 1 amide bonds. The Morgan fingerprint density at radius 2 is 1.54 bits per heavy atom. The number of hydrogen-bond donors (Lipinski definition) is 4. The molecule has 4 aromatic rings. The van der Waals surface area contributed by atoms with Gasteiger partial charge < -0.3 is 16.0 Å². The number of carbonyl (C=O) groups is 1. The molecule has 0 bridgehead atoms. The second-order valence-corrected chi connectivity index (χ2v) is 10.0. The maximum atomic E-state index is 13.0. The molecule has 0 radical (unpaired) electrons. The highest BCUT2D eigenvalue weighted by atomic mass is 32.2. The zero-order chi connectivity index (χ0) is 26.4. The van der Waals surface area contributed by atoms with Crippen molar-refractivity contribution in [3.05, 3.63) is 114 Å². The van der Waals surface area contributed by atoms with Gasteiger partial charge in [0.05, 0.1) is 11.4 Å². The van der Waals surface area contributed by atoms with Crippen molar-refractivity contribution in [2.75, 3.05) is 16.8 Å². The third-order valence-electron chi connectivity index (χ3n) is 5.75. The molecule has 4 rings (SSSR count). The van der Waals surface area contributed by atoms with E-state index in [4.69, 9.17) is 16.3 Å². The van der Waals surface area contributed by atoms with E-state index in [1.165, 1.54) is 6.07 Å². The van der Waals surface area contributed by atoms with E-state index in [9.17, 15) is 13.2 Å². The molecule has 0 aliphatic carbocycles. The number of amides is 1. The summed E-state index contributed by atoms with van der Waals surface area (Å²) in [5.41, 5.74) is 9.76. The molecular formula is C28H27N5O3S. The predicted octanol–water partition coefficient (Wildman–Crippen LogP) is 3.93. The minimum atomic E-state index is -3.88. The van der Waals surface area contributed by atoms with Gasteiger partial charge in [-0.3, -0.25) is 10.2 Å². The summed E-state index contributed by atoms with van der Waals surface area (Å²) in [6.45, 7) is 0.547. The van der Waals surface area contributed by atoms with E-state index in [0.717, 1.165) is 11.3 Å². The largest absolute Gasteiger partial charge is 0.384 e. The Kier molecular flexibility index (Phi) is 7.66. The first-order valence-corrected chi connectivity index (χ1v) is 13.0. The molecule has 4 aromatic carbocycles. The lowest BCUT2D eigenvalue weighted by atomic mass is 10.1. The van der Waals surface area contributed by atoms with Gasteiger partial charge in [-0.2, -0.15) is 0 Å². The van der Waals surface area contributed by atoms with E-state index in [1.54, 1.807) is 60.7 Å². The Balaban J connectivity index is 1.53. The lowest BCUT2D eigenvalue weighted by molar-refractivity contribution is -0.115. The van der Waals surface area contributed by atoms with Gasteiger partial charge in [0.15, 0.2) is 0 Å². The van der Waals surface area contributed by atoms with Gasteiger partial charge in [0.1, 0.15) is 5.84 Å². The Morgan fingerprint density at radius 1 is 0.865 bits per heavy atom. The molecule has 0 saturated carbocycles. The lowest BCUT2D eigenvalue weighted by Gasteiger charge is -2.25. The summed E-state index contributed by atoms with van der Waals surface area (Å²) in [6, 6.07) is 30.4. The van der Waals surface area contributed by atoms with Gasteiger partial charge in [0, 0.05) is 29.0 Å². The van der Waals surface area contributed by atoms with Crippen LogP contribution in [0.4, 0.5) is 11.4 Å². The molecule has 0 fully saturated rings. The highest BCUT2D eigenvalue weighted by Crippen LogP contribution is 2.27.